The topological polar surface area (TPSA) is 482 Å². The van der Waals surface area contributed by atoms with E-state index in [4.69, 9.17) is 40.4 Å². The predicted octanol–water partition coefficient (Wildman–Crippen LogP) is 0.779. The molecule has 1 fully saturated rings. The number of halogens is 2. The predicted molar refractivity (Wildman–Crippen MR) is 402 cm³/mol. The number of aromatic amines is 1. The number of para-hydroxylation sites is 1. The van der Waals surface area contributed by atoms with Crippen LogP contribution in [0.4, 0.5) is 0 Å². The fraction of sp³-hybridized carbons (Fsp3) is 0.466. The van der Waals surface area contributed by atoms with Crippen LogP contribution in [0, 0.1) is 5.92 Å². The molecule has 0 bridgehead atoms. The minimum Gasteiger partial charge on any atom is -0.508 e. The lowest BCUT2D eigenvalue weighted by Gasteiger charge is -2.30. The van der Waals surface area contributed by atoms with Crippen LogP contribution < -0.4 is 75.7 Å². The average Bonchev–Trinajstić information content (AvgIpc) is 1.64. The summed E-state index contributed by atoms with van der Waals surface area (Å²) in [7, 11) is 0. The van der Waals surface area contributed by atoms with Gasteiger partial charge in [0, 0.05) is 92.5 Å². The molecule has 4 aromatic carbocycles. The highest BCUT2D eigenvalue weighted by Gasteiger charge is 2.40. The Morgan fingerprint density at radius 1 is 0.557 bits per heavy atom. The Morgan fingerprint density at radius 3 is 1.55 bits per heavy atom. The van der Waals surface area contributed by atoms with E-state index < -0.39 is 133 Å². The number of phenols is 1. The molecule has 9 atom stereocenters. The number of carbonyl (C=O) groups excluding carboxylic acids is 11. The van der Waals surface area contributed by atoms with Gasteiger partial charge in [0.1, 0.15) is 60.1 Å². The van der Waals surface area contributed by atoms with Crippen LogP contribution in [-0.2, 0) is 78.4 Å². The zero-order valence-electron chi connectivity index (χ0n) is 60.2. The summed E-state index contributed by atoms with van der Waals surface area (Å²) in [5.41, 5.74) is 19.3. The number of aliphatic hydroxyl groups is 1. The molecule has 0 spiro atoms. The van der Waals surface area contributed by atoms with Gasteiger partial charge in [0.05, 0.1) is 13.2 Å². The number of phenolic OH excluding ortho intramolecular Hbond substituents is 1. The second-order valence-corrected chi connectivity index (χ2v) is 27.1. The highest BCUT2D eigenvalue weighted by molar-refractivity contribution is 6.30. The van der Waals surface area contributed by atoms with E-state index in [-0.39, 0.29) is 101 Å². The van der Waals surface area contributed by atoms with Crippen LogP contribution in [0.15, 0.2) is 113 Å². The first-order valence-corrected chi connectivity index (χ1v) is 36.2. The SMILES string of the molecule is CCNC(=NCCCC[C@@H](NC(=O)[C@H](Cc1ccc(O)cc1)NC(=O)[C@H](CO)NC(=O)[C@@H](Cc1c[nH]c2ccccc12)NC(=O)[C@@H](Cc1ccc(Cl)cc1)NC(=O)[C@@H](Cc1ccc(Cl)cc1)NC(C)=O)C(=O)N[C@@H](CC(C)C)C(=O)N[C@@H](CCCN=C(N)N)C(=O)N1CCC[C@H]1C(=O)NCC(N)=O)NCC. The van der Waals surface area contributed by atoms with Gasteiger partial charge in [0.2, 0.25) is 65.0 Å². The molecule has 6 rings (SSSR count). The third-order valence-corrected chi connectivity index (χ3v) is 17.8. The summed E-state index contributed by atoms with van der Waals surface area (Å²) in [5, 5.41) is 53.4. The fourth-order valence-electron chi connectivity index (χ4n) is 12.0. The number of fused-ring (bicyclic) bond motifs is 1. The van der Waals surface area contributed by atoms with Crippen LogP contribution in [0.3, 0.4) is 0 Å². The van der Waals surface area contributed by atoms with Crippen molar-refractivity contribution in [3.05, 3.63) is 136 Å². The standard InChI is InChI=1S/C73H100Cl2N18O13/c1-6-79-73(80-7-2)82-31-11-10-16-53(63(98)88-55(34-42(3)4)64(99)87-54(17-12-32-81-72(77)78)71(106)93-33-13-18-61(93)70(105)84-40-62(76)97)86-66(101)57(37-46-23-29-50(96)30-24-46)90-69(104)60(41-94)92-68(103)59(38-47-39-83-52-15-9-8-14-51(47)52)91-67(102)58(36-45-21-27-49(75)28-22-45)89-65(100)56(85-43(5)95)35-44-19-25-48(74)26-20-44/h8-9,14-15,19-30,39,42,53-61,83,94,96H,6-7,10-13,16-18,31-38,40-41H2,1-5H3,(H2,76,97)(H,84,105)(H,85,95)(H,86,101)(H,87,99)(H,88,98)(H,89,100)(H,90,104)(H,91,102)(H,92,103)(H4,77,78,81)(H2,79,80,82)/t53-,54+,55+,56-,57+,58-,59-,60+,61+/m1/s1. The molecule has 1 aliphatic heterocycles. The first-order chi connectivity index (χ1) is 50.6. The molecule has 106 heavy (non-hydrogen) atoms. The number of aliphatic imine (C=N–C) groups is 2. The molecular formula is C73H100Cl2N18O13. The van der Waals surface area contributed by atoms with Crippen LogP contribution in [0.25, 0.3) is 10.9 Å². The summed E-state index contributed by atoms with van der Waals surface area (Å²) in [4.78, 5) is 169. The Morgan fingerprint density at radius 2 is 1.02 bits per heavy atom. The van der Waals surface area contributed by atoms with Crippen LogP contribution in [0.1, 0.15) is 108 Å². The molecule has 0 aliphatic carbocycles. The third-order valence-electron chi connectivity index (χ3n) is 17.3. The molecule has 1 aromatic heterocycles. The van der Waals surface area contributed by atoms with Gasteiger partial charge in [-0.05, 0) is 136 Å². The number of rotatable bonds is 41. The van der Waals surface area contributed by atoms with Crippen molar-refractivity contribution in [1.29, 1.82) is 0 Å². The molecule has 1 saturated heterocycles. The number of nitrogens with one attached hydrogen (secondary N) is 12. The summed E-state index contributed by atoms with van der Waals surface area (Å²) in [6.07, 6.45) is 2.47. The van der Waals surface area contributed by atoms with Crippen molar-refractivity contribution in [2.75, 3.05) is 45.9 Å². The monoisotopic (exact) mass is 1510 g/mol. The molecule has 574 valence electrons. The number of aromatic hydroxyl groups is 1. The summed E-state index contributed by atoms with van der Waals surface area (Å²) in [6, 6.07) is 13.3. The number of carbonyl (C=O) groups is 11. The fourth-order valence-corrected chi connectivity index (χ4v) is 12.2. The Bertz CT molecular complexity index is 3850. The van der Waals surface area contributed by atoms with E-state index in [9.17, 15) is 48.6 Å². The molecule has 0 radical (unpaired) electrons. The van der Waals surface area contributed by atoms with E-state index in [2.05, 4.69) is 73.5 Å². The first-order valence-electron chi connectivity index (χ1n) is 35.4. The number of amides is 11. The highest BCUT2D eigenvalue weighted by Crippen LogP contribution is 2.23. The Hall–Kier alpha value is -10.5. The minimum absolute atomic E-state index is 0.000889. The molecule has 31 nitrogen and oxygen atoms in total. The van der Waals surface area contributed by atoms with Gasteiger partial charge >= 0.3 is 0 Å². The van der Waals surface area contributed by atoms with E-state index in [0.29, 0.717) is 75.1 Å². The van der Waals surface area contributed by atoms with Gasteiger partial charge in [-0.3, -0.25) is 62.7 Å². The zero-order chi connectivity index (χ0) is 77.4. The number of hydrogen-bond acceptors (Lipinski definition) is 15. The van der Waals surface area contributed by atoms with Crippen molar-refractivity contribution < 1.29 is 63.0 Å². The van der Waals surface area contributed by atoms with Crippen molar-refractivity contribution in [2.24, 2.45) is 33.1 Å². The molecule has 2 heterocycles. The van der Waals surface area contributed by atoms with E-state index in [1.54, 1.807) is 92.8 Å². The summed E-state index contributed by atoms with van der Waals surface area (Å²) < 4.78 is 0. The van der Waals surface area contributed by atoms with Crippen LogP contribution in [0.2, 0.25) is 10.0 Å². The number of aliphatic hydroxyl groups excluding tert-OH is 1. The van der Waals surface area contributed by atoms with Gasteiger partial charge < -0.3 is 95.8 Å². The molecule has 5 aromatic rings. The quantitative estimate of drug-likeness (QED) is 0.0146. The van der Waals surface area contributed by atoms with Crippen LogP contribution in [-0.4, -0.2) is 197 Å². The number of H-pyrrole nitrogens is 1. The third kappa shape index (κ3) is 27.8. The van der Waals surface area contributed by atoms with Gasteiger partial charge in [-0.25, -0.2) is 0 Å². The number of hydrogen-bond donors (Lipinski definition) is 17. The average molecular weight is 1510 g/mol. The van der Waals surface area contributed by atoms with E-state index in [1.165, 1.54) is 36.1 Å². The number of primary amides is 1. The van der Waals surface area contributed by atoms with Gasteiger partial charge in [-0.2, -0.15) is 0 Å². The number of aromatic nitrogens is 1. The van der Waals surface area contributed by atoms with E-state index >= 15 is 14.4 Å². The molecule has 1 aliphatic rings. The number of nitrogens with zero attached hydrogens (tertiary/aromatic N) is 3. The first kappa shape index (κ1) is 84.4. The Kier molecular flexibility index (Phi) is 34.3. The largest absolute Gasteiger partial charge is 0.508 e. The lowest BCUT2D eigenvalue weighted by Crippen LogP contribution is -2.61. The molecule has 11 amide bonds. The number of benzene rings is 4. The maximum Gasteiger partial charge on any atom is 0.245 e. The van der Waals surface area contributed by atoms with Gasteiger partial charge in [-0.15, -0.1) is 0 Å². The summed E-state index contributed by atoms with van der Waals surface area (Å²) in [6.45, 7) is 8.79. The second kappa shape index (κ2) is 43.0. The Labute approximate surface area is 625 Å². The minimum atomic E-state index is -1.83. The molecule has 33 heteroatoms. The van der Waals surface area contributed by atoms with Crippen molar-refractivity contribution >= 4 is 111 Å². The molecule has 0 unspecified atom stereocenters. The second-order valence-electron chi connectivity index (χ2n) is 26.2. The van der Waals surface area contributed by atoms with E-state index in [0.717, 1.165) is 0 Å². The summed E-state index contributed by atoms with van der Waals surface area (Å²) >= 11 is 12.4. The zero-order valence-corrected chi connectivity index (χ0v) is 61.8. The number of nitrogens with two attached hydrogens (primary N) is 3. The molecular weight excluding hydrogens is 1410 g/mol. The number of likely N-dealkylation sites (tertiary alicyclic amines) is 1. The highest BCUT2D eigenvalue weighted by atomic mass is 35.5. The number of unbranched alkanes of at least 4 members (excludes halogenated alkanes) is 1. The van der Waals surface area contributed by atoms with Gasteiger partial charge in [0.15, 0.2) is 11.9 Å². The number of guanidine groups is 2. The molecule has 20 N–H and O–H groups in total. The smallest absolute Gasteiger partial charge is 0.245 e. The van der Waals surface area contributed by atoms with Crippen molar-refractivity contribution in [3.63, 3.8) is 0 Å². The van der Waals surface area contributed by atoms with Crippen molar-refractivity contribution in [1.82, 2.24) is 68.4 Å². The normalized spacial score (nSPS) is 14.8. The maximum absolute atomic E-state index is 15.1. The van der Waals surface area contributed by atoms with Gasteiger partial charge in [-0.1, -0.05) is 91.6 Å². The van der Waals surface area contributed by atoms with Crippen molar-refractivity contribution in [2.45, 2.75) is 166 Å². The maximum atomic E-state index is 15.1. The van der Waals surface area contributed by atoms with Crippen LogP contribution in [0.5, 0.6) is 5.75 Å². The van der Waals surface area contributed by atoms with Crippen molar-refractivity contribution in [3.8, 4) is 5.75 Å². The lowest BCUT2D eigenvalue weighted by molar-refractivity contribution is -0.142. The van der Waals surface area contributed by atoms with Gasteiger partial charge in [0.25, 0.3) is 0 Å². The lowest BCUT2D eigenvalue weighted by atomic mass is 10.00. The Balaban J connectivity index is 1.31. The summed E-state index contributed by atoms with van der Waals surface area (Å²) in [5.74, 6) is -8.84. The van der Waals surface area contributed by atoms with Crippen LogP contribution >= 0.6 is 23.2 Å². The molecule has 0 saturated carbocycles. The van der Waals surface area contributed by atoms with E-state index in [1.807, 2.05) is 13.8 Å².